The second kappa shape index (κ2) is 8.93. The first-order valence-corrected chi connectivity index (χ1v) is 12.5. The van der Waals surface area contributed by atoms with E-state index in [1.165, 1.54) is 11.3 Å². The number of carbonyl (C=O) groups excluding carboxylic acids is 1. The standard InChI is InChI=1S/C23H35F2N3O2S/c1-22(2,3)30-21(29)26-17-6-4-15(5-7-17)8-10-28-11-9-19-18(14-28)27-20(31-19)16-12-23(24,25)13-16/h15-17H,4-14H2,1-3H3,(H,26,29)/t15-,17-. The summed E-state index contributed by atoms with van der Waals surface area (Å²) >= 11 is 1.66. The highest BCUT2D eigenvalue weighted by Gasteiger charge is 2.47. The largest absolute Gasteiger partial charge is 0.444 e. The SMILES string of the molecule is CC(C)(C)OC(=O)N[C@H]1CC[C@H](CCN2CCc3sc(C4CC(F)(F)C4)nc3C2)CC1. The van der Waals surface area contributed by atoms with Crippen molar-refractivity contribution in [3.63, 3.8) is 0 Å². The van der Waals surface area contributed by atoms with Crippen LogP contribution < -0.4 is 5.32 Å². The molecule has 2 heterocycles. The highest BCUT2D eigenvalue weighted by molar-refractivity contribution is 7.11. The maximum Gasteiger partial charge on any atom is 0.407 e. The van der Waals surface area contributed by atoms with Crippen LogP contribution in [0.5, 0.6) is 0 Å². The summed E-state index contributed by atoms with van der Waals surface area (Å²) in [5.41, 5.74) is 0.656. The second-order valence-corrected chi connectivity index (χ2v) is 11.7. The van der Waals surface area contributed by atoms with Gasteiger partial charge in [0.05, 0.1) is 10.7 Å². The molecule has 1 N–H and O–H groups in total. The van der Waals surface area contributed by atoms with Gasteiger partial charge in [0.25, 0.3) is 0 Å². The summed E-state index contributed by atoms with van der Waals surface area (Å²) in [6.07, 6.45) is 6.07. The molecule has 174 valence electrons. The molecule has 1 aromatic heterocycles. The average molecular weight is 456 g/mol. The summed E-state index contributed by atoms with van der Waals surface area (Å²) in [5, 5.41) is 3.94. The second-order valence-electron chi connectivity index (χ2n) is 10.6. The Morgan fingerprint density at radius 2 is 1.97 bits per heavy atom. The molecule has 0 saturated heterocycles. The zero-order chi connectivity index (χ0) is 22.2. The number of carbonyl (C=O) groups is 1. The quantitative estimate of drug-likeness (QED) is 0.638. The van der Waals surface area contributed by atoms with Gasteiger partial charge < -0.3 is 10.1 Å². The van der Waals surface area contributed by atoms with Gasteiger partial charge in [0.15, 0.2) is 0 Å². The lowest BCUT2D eigenvalue weighted by Gasteiger charge is -2.33. The molecule has 4 rings (SSSR count). The van der Waals surface area contributed by atoms with Crippen LogP contribution in [0.1, 0.15) is 87.2 Å². The van der Waals surface area contributed by atoms with Crippen LogP contribution in [0.2, 0.25) is 0 Å². The molecule has 1 aliphatic heterocycles. The van der Waals surface area contributed by atoms with E-state index < -0.39 is 11.5 Å². The van der Waals surface area contributed by atoms with Crippen molar-refractivity contribution in [2.24, 2.45) is 5.92 Å². The van der Waals surface area contributed by atoms with Crippen LogP contribution >= 0.6 is 11.3 Å². The molecule has 0 atom stereocenters. The molecular formula is C23H35F2N3O2S. The molecule has 5 nitrogen and oxygen atoms in total. The number of alkyl carbamates (subject to hydrolysis) is 1. The van der Waals surface area contributed by atoms with Crippen LogP contribution in [-0.4, -0.2) is 46.6 Å². The Kier molecular flexibility index (Phi) is 6.59. The zero-order valence-electron chi connectivity index (χ0n) is 18.9. The van der Waals surface area contributed by atoms with Gasteiger partial charge in [-0.15, -0.1) is 11.3 Å². The molecule has 8 heteroatoms. The van der Waals surface area contributed by atoms with E-state index in [1.54, 1.807) is 11.3 Å². The minimum absolute atomic E-state index is 0.0332. The Hall–Kier alpha value is -1.28. The molecule has 1 amide bonds. The number of aromatic nitrogens is 1. The number of thiazole rings is 1. The van der Waals surface area contributed by atoms with Crippen LogP contribution in [0.15, 0.2) is 0 Å². The number of alkyl halides is 2. The van der Waals surface area contributed by atoms with Gasteiger partial charge in [0, 0.05) is 42.8 Å². The number of nitrogens with zero attached hydrogens (tertiary/aromatic N) is 2. The summed E-state index contributed by atoms with van der Waals surface area (Å²) in [6, 6.07) is 0.218. The number of halogens is 2. The molecule has 0 spiro atoms. The van der Waals surface area contributed by atoms with E-state index in [-0.39, 0.29) is 30.9 Å². The third-order valence-corrected chi connectivity index (χ3v) is 8.00. The van der Waals surface area contributed by atoms with Crippen molar-refractivity contribution >= 4 is 17.4 Å². The number of ether oxygens (including phenoxy) is 1. The number of hydrogen-bond acceptors (Lipinski definition) is 5. The Morgan fingerprint density at radius 3 is 2.61 bits per heavy atom. The number of hydrogen-bond donors (Lipinski definition) is 1. The van der Waals surface area contributed by atoms with Gasteiger partial charge in [-0.25, -0.2) is 18.6 Å². The average Bonchev–Trinajstić information content (AvgIpc) is 3.07. The lowest BCUT2D eigenvalue weighted by Crippen LogP contribution is -2.41. The normalized spacial score (nSPS) is 26.7. The summed E-state index contributed by atoms with van der Waals surface area (Å²) in [5.74, 6) is -1.82. The molecule has 0 unspecified atom stereocenters. The molecular weight excluding hydrogens is 420 g/mol. The molecule has 2 aliphatic carbocycles. The smallest absolute Gasteiger partial charge is 0.407 e. The van der Waals surface area contributed by atoms with E-state index >= 15 is 0 Å². The molecule has 2 fully saturated rings. The Balaban J connectivity index is 1.17. The highest BCUT2D eigenvalue weighted by Crippen LogP contribution is 2.49. The molecule has 1 aromatic rings. The fraction of sp³-hybridized carbons (Fsp3) is 0.826. The molecule has 0 radical (unpaired) electrons. The third kappa shape index (κ3) is 6.15. The van der Waals surface area contributed by atoms with Crippen LogP contribution in [0, 0.1) is 5.92 Å². The van der Waals surface area contributed by atoms with Gasteiger partial charge in [-0.2, -0.15) is 0 Å². The fourth-order valence-corrected chi connectivity index (χ4v) is 6.07. The van der Waals surface area contributed by atoms with Crippen molar-refractivity contribution in [3.05, 3.63) is 15.6 Å². The van der Waals surface area contributed by atoms with Crippen molar-refractivity contribution in [2.45, 2.75) is 102 Å². The minimum atomic E-state index is -2.48. The van der Waals surface area contributed by atoms with Crippen molar-refractivity contribution in [3.8, 4) is 0 Å². The van der Waals surface area contributed by atoms with Crippen molar-refractivity contribution in [1.29, 1.82) is 0 Å². The van der Waals surface area contributed by atoms with Gasteiger partial charge >= 0.3 is 6.09 Å². The minimum Gasteiger partial charge on any atom is -0.444 e. The Morgan fingerprint density at radius 1 is 1.26 bits per heavy atom. The summed E-state index contributed by atoms with van der Waals surface area (Å²) in [4.78, 5) is 20.5. The predicted molar refractivity (Wildman–Crippen MR) is 118 cm³/mol. The first-order valence-electron chi connectivity index (χ1n) is 11.6. The first kappa shape index (κ1) is 22.9. The van der Waals surface area contributed by atoms with E-state index in [4.69, 9.17) is 9.72 Å². The molecule has 3 aliphatic rings. The number of fused-ring (bicyclic) bond motifs is 1. The Bertz CT molecular complexity index is 776. The molecule has 0 aromatic carbocycles. The Labute approximate surface area is 187 Å². The van der Waals surface area contributed by atoms with Crippen LogP contribution in [0.25, 0.3) is 0 Å². The van der Waals surface area contributed by atoms with Gasteiger partial charge in [-0.1, -0.05) is 0 Å². The van der Waals surface area contributed by atoms with Gasteiger partial charge in [0.1, 0.15) is 5.60 Å². The zero-order valence-corrected chi connectivity index (χ0v) is 19.7. The first-order chi connectivity index (χ1) is 14.6. The molecule has 2 saturated carbocycles. The maximum atomic E-state index is 13.2. The van der Waals surface area contributed by atoms with Crippen molar-refractivity contribution in [2.75, 3.05) is 13.1 Å². The van der Waals surface area contributed by atoms with E-state index in [2.05, 4.69) is 10.2 Å². The van der Waals surface area contributed by atoms with Crippen LogP contribution in [0.4, 0.5) is 13.6 Å². The predicted octanol–water partition coefficient (Wildman–Crippen LogP) is 5.49. The van der Waals surface area contributed by atoms with Gasteiger partial charge in [-0.05, 0) is 71.8 Å². The topological polar surface area (TPSA) is 54.5 Å². The monoisotopic (exact) mass is 455 g/mol. The number of amides is 1. The van der Waals surface area contributed by atoms with Crippen molar-refractivity contribution < 1.29 is 18.3 Å². The van der Waals surface area contributed by atoms with Gasteiger partial charge in [0.2, 0.25) is 5.92 Å². The summed E-state index contributed by atoms with van der Waals surface area (Å²) in [6.45, 7) is 8.58. The third-order valence-electron chi connectivity index (χ3n) is 6.68. The summed E-state index contributed by atoms with van der Waals surface area (Å²) in [7, 11) is 0. The summed E-state index contributed by atoms with van der Waals surface area (Å²) < 4.78 is 31.7. The van der Waals surface area contributed by atoms with Crippen LogP contribution in [-0.2, 0) is 17.7 Å². The fourth-order valence-electron chi connectivity index (χ4n) is 4.91. The lowest BCUT2D eigenvalue weighted by molar-refractivity contribution is -0.0868. The van der Waals surface area contributed by atoms with E-state index in [0.717, 1.165) is 62.4 Å². The number of nitrogens with one attached hydrogen (secondary N) is 1. The van der Waals surface area contributed by atoms with E-state index in [0.29, 0.717) is 5.92 Å². The highest BCUT2D eigenvalue weighted by atomic mass is 32.1. The lowest BCUT2D eigenvalue weighted by atomic mass is 9.82. The molecule has 0 bridgehead atoms. The maximum absolute atomic E-state index is 13.2. The van der Waals surface area contributed by atoms with Crippen molar-refractivity contribution in [1.82, 2.24) is 15.2 Å². The van der Waals surface area contributed by atoms with Crippen LogP contribution in [0.3, 0.4) is 0 Å². The van der Waals surface area contributed by atoms with E-state index in [1.807, 2.05) is 20.8 Å². The van der Waals surface area contributed by atoms with E-state index in [9.17, 15) is 13.6 Å². The van der Waals surface area contributed by atoms with Gasteiger partial charge in [-0.3, -0.25) is 4.90 Å². The molecule has 31 heavy (non-hydrogen) atoms. The number of rotatable bonds is 5.